The molecule has 2 aliphatic rings. The van der Waals surface area contributed by atoms with E-state index >= 15 is 0 Å². The van der Waals surface area contributed by atoms with Crippen molar-refractivity contribution < 1.29 is 19.4 Å². The molecule has 2 aliphatic heterocycles. The first kappa shape index (κ1) is 21.9. The molecule has 1 unspecified atom stereocenters. The summed E-state index contributed by atoms with van der Waals surface area (Å²) in [5.41, 5.74) is 1.73. The van der Waals surface area contributed by atoms with E-state index in [1.165, 1.54) is 6.08 Å². The summed E-state index contributed by atoms with van der Waals surface area (Å²) in [6.45, 7) is 4.45. The lowest BCUT2D eigenvalue weighted by Crippen LogP contribution is -2.39. The summed E-state index contributed by atoms with van der Waals surface area (Å²) in [5, 5.41) is 10.7. The zero-order valence-corrected chi connectivity index (χ0v) is 17.9. The molecule has 1 fully saturated rings. The second-order valence-electron chi connectivity index (χ2n) is 7.86. The Hall–Kier alpha value is -3.29. The highest BCUT2D eigenvalue weighted by atomic mass is 16.5. The van der Waals surface area contributed by atoms with E-state index in [0.717, 1.165) is 50.4 Å². The number of carbonyl (C=O) groups is 2. The van der Waals surface area contributed by atoms with Gasteiger partial charge in [-0.05, 0) is 35.8 Å². The van der Waals surface area contributed by atoms with E-state index in [1.807, 2.05) is 30.3 Å². The number of rotatable bonds is 8. The van der Waals surface area contributed by atoms with Crippen LogP contribution in [0.1, 0.15) is 23.6 Å². The lowest BCUT2D eigenvalue weighted by Gasteiger charge is -2.29. The number of nitrogens with zero attached hydrogens (tertiary/aromatic N) is 3. The van der Waals surface area contributed by atoms with E-state index in [-0.39, 0.29) is 11.4 Å². The van der Waals surface area contributed by atoms with Gasteiger partial charge < -0.3 is 14.7 Å². The summed E-state index contributed by atoms with van der Waals surface area (Å²) in [4.78, 5) is 34.0. The fourth-order valence-electron chi connectivity index (χ4n) is 4.14. The molecule has 7 nitrogen and oxygen atoms in total. The third-order valence-corrected chi connectivity index (χ3v) is 5.79. The van der Waals surface area contributed by atoms with Crippen LogP contribution in [0.25, 0.3) is 6.08 Å². The maximum absolute atomic E-state index is 13.1. The van der Waals surface area contributed by atoms with E-state index in [0.29, 0.717) is 6.54 Å². The van der Waals surface area contributed by atoms with Gasteiger partial charge >= 0.3 is 0 Å². The van der Waals surface area contributed by atoms with Crippen molar-refractivity contribution in [2.24, 2.45) is 0 Å². The molecule has 0 bridgehead atoms. The van der Waals surface area contributed by atoms with Gasteiger partial charge in [0.1, 0.15) is 0 Å². The van der Waals surface area contributed by atoms with Crippen LogP contribution in [0.2, 0.25) is 0 Å². The van der Waals surface area contributed by atoms with Crippen molar-refractivity contribution in [1.82, 2.24) is 14.8 Å². The Morgan fingerprint density at radius 1 is 1.09 bits per heavy atom. The van der Waals surface area contributed by atoms with Crippen molar-refractivity contribution in [3.8, 4) is 0 Å². The predicted octanol–water partition coefficient (Wildman–Crippen LogP) is 2.78. The van der Waals surface area contributed by atoms with Gasteiger partial charge in [-0.3, -0.25) is 19.5 Å². The number of ether oxygens (including phenoxy) is 1. The number of hydrogen-bond donors (Lipinski definition) is 1. The second kappa shape index (κ2) is 10.3. The number of benzene rings is 1. The lowest BCUT2D eigenvalue weighted by molar-refractivity contribution is -0.129. The number of ketones is 1. The van der Waals surface area contributed by atoms with Crippen molar-refractivity contribution in [2.45, 2.75) is 12.5 Å². The maximum atomic E-state index is 13.1. The van der Waals surface area contributed by atoms with E-state index in [2.05, 4.69) is 9.88 Å². The number of pyridine rings is 1. The molecule has 1 aromatic heterocycles. The molecule has 32 heavy (non-hydrogen) atoms. The molecule has 3 heterocycles. The average Bonchev–Trinajstić information content (AvgIpc) is 3.09. The average molecular weight is 434 g/mol. The molecule has 0 saturated carbocycles. The second-order valence-corrected chi connectivity index (χ2v) is 7.86. The van der Waals surface area contributed by atoms with Crippen molar-refractivity contribution >= 4 is 17.8 Å². The first-order valence-corrected chi connectivity index (χ1v) is 10.9. The molecule has 1 amide bonds. The summed E-state index contributed by atoms with van der Waals surface area (Å²) >= 11 is 0. The van der Waals surface area contributed by atoms with Gasteiger partial charge in [0, 0.05) is 38.6 Å². The minimum atomic E-state index is -0.636. The number of amides is 1. The highest BCUT2D eigenvalue weighted by molar-refractivity contribution is 6.14. The number of allylic oxidation sites excluding steroid dienone is 1. The van der Waals surface area contributed by atoms with E-state index in [9.17, 15) is 14.7 Å². The summed E-state index contributed by atoms with van der Waals surface area (Å²) in [5.74, 6) is -1.36. The van der Waals surface area contributed by atoms with E-state index in [4.69, 9.17) is 4.74 Å². The predicted molar refractivity (Wildman–Crippen MR) is 121 cm³/mol. The molecule has 0 spiro atoms. The summed E-state index contributed by atoms with van der Waals surface area (Å²) < 4.78 is 5.39. The highest BCUT2D eigenvalue weighted by Gasteiger charge is 2.42. The number of aliphatic hydroxyl groups excluding tert-OH is 1. The summed E-state index contributed by atoms with van der Waals surface area (Å²) in [6.07, 6.45) is 7.10. The van der Waals surface area contributed by atoms with Gasteiger partial charge in [0.2, 0.25) is 0 Å². The Morgan fingerprint density at radius 3 is 2.53 bits per heavy atom. The molecule has 7 heteroatoms. The lowest BCUT2D eigenvalue weighted by atomic mass is 9.96. The van der Waals surface area contributed by atoms with Crippen LogP contribution in [0.4, 0.5) is 0 Å². The minimum absolute atomic E-state index is 0.111. The Bertz CT molecular complexity index is 998. The topological polar surface area (TPSA) is 83.0 Å². The van der Waals surface area contributed by atoms with E-state index < -0.39 is 17.7 Å². The third kappa shape index (κ3) is 4.95. The van der Waals surface area contributed by atoms with Gasteiger partial charge in [-0.2, -0.15) is 0 Å². The van der Waals surface area contributed by atoms with Crippen LogP contribution in [-0.4, -0.2) is 71.0 Å². The number of hydrogen-bond acceptors (Lipinski definition) is 6. The van der Waals surface area contributed by atoms with E-state index in [1.54, 1.807) is 35.5 Å². The standard InChI is InChI=1S/C25H27N3O4/c29-21(8-7-19-5-2-1-3-6-19)22-23(20-9-11-26-12-10-20)28(25(31)24(22)30)14-4-13-27-15-17-32-18-16-27/h1-3,5-12,23,30H,4,13-18H2/b8-7+. The Kier molecular flexibility index (Phi) is 7.09. The number of morpholine rings is 1. The Labute approximate surface area is 187 Å². The van der Waals surface area contributed by atoms with Crippen molar-refractivity contribution in [3.05, 3.63) is 83.4 Å². The largest absolute Gasteiger partial charge is 0.503 e. The third-order valence-electron chi connectivity index (χ3n) is 5.79. The SMILES string of the molecule is O=C(/C=C/c1ccccc1)C1=C(O)C(=O)N(CCCN2CCOCC2)C1c1ccncc1. The zero-order chi connectivity index (χ0) is 22.3. The van der Waals surface area contributed by atoms with Crippen LogP contribution in [0.15, 0.2) is 72.3 Å². The highest BCUT2D eigenvalue weighted by Crippen LogP contribution is 2.37. The van der Waals surface area contributed by atoms with Gasteiger partial charge in [0.25, 0.3) is 5.91 Å². The van der Waals surface area contributed by atoms with Gasteiger partial charge in [0.15, 0.2) is 11.5 Å². The van der Waals surface area contributed by atoms with Crippen LogP contribution in [0.5, 0.6) is 0 Å². The van der Waals surface area contributed by atoms with Gasteiger partial charge in [-0.15, -0.1) is 0 Å². The number of aromatic nitrogens is 1. The van der Waals surface area contributed by atoms with Crippen LogP contribution in [0, 0.1) is 0 Å². The van der Waals surface area contributed by atoms with Gasteiger partial charge in [-0.1, -0.05) is 36.4 Å². The van der Waals surface area contributed by atoms with Crippen molar-refractivity contribution in [3.63, 3.8) is 0 Å². The number of carbonyl (C=O) groups excluding carboxylic acids is 2. The van der Waals surface area contributed by atoms with Crippen LogP contribution < -0.4 is 0 Å². The molecule has 0 radical (unpaired) electrons. The molecule has 166 valence electrons. The summed E-state index contributed by atoms with van der Waals surface area (Å²) in [7, 11) is 0. The maximum Gasteiger partial charge on any atom is 0.290 e. The first-order chi connectivity index (χ1) is 15.6. The molecular formula is C25H27N3O4. The van der Waals surface area contributed by atoms with Crippen LogP contribution >= 0.6 is 0 Å². The van der Waals surface area contributed by atoms with Crippen molar-refractivity contribution in [1.29, 1.82) is 0 Å². The molecule has 1 aromatic carbocycles. The zero-order valence-electron chi connectivity index (χ0n) is 17.9. The molecular weight excluding hydrogens is 406 g/mol. The first-order valence-electron chi connectivity index (χ1n) is 10.9. The molecule has 1 atom stereocenters. The van der Waals surface area contributed by atoms with Crippen LogP contribution in [-0.2, 0) is 14.3 Å². The molecule has 1 saturated heterocycles. The summed E-state index contributed by atoms with van der Waals surface area (Å²) in [6, 6.07) is 12.4. The van der Waals surface area contributed by atoms with Crippen molar-refractivity contribution in [2.75, 3.05) is 39.4 Å². The fraction of sp³-hybridized carbons (Fsp3) is 0.320. The molecule has 1 N–H and O–H groups in total. The molecule has 4 rings (SSSR count). The monoisotopic (exact) mass is 433 g/mol. The minimum Gasteiger partial charge on any atom is -0.503 e. The smallest absolute Gasteiger partial charge is 0.290 e. The Balaban J connectivity index is 1.54. The fourth-order valence-corrected chi connectivity index (χ4v) is 4.14. The molecule has 0 aliphatic carbocycles. The normalized spacial score (nSPS) is 19.8. The number of aliphatic hydroxyl groups is 1. The quantitative estimate of drug-likeness (QED) is 0.645. The van der Waals surface area contributed by atoms with Crippen LogP contribution in [0.3, 0.4) is 0 Å². The molecule has 2 aromatic rings. The van der Waals surface area contributed by atoms with Gasteiger partial charge in [-0.25, -0.2) is 0 Å². The Morgan fingerprint density at radius 2 is 1.81 bits per heavy atom. The van der Waals surface area contributed by atoms with Gasteiger partial charge in [0.05, 0.1) is 24.8 Å².